The van der Waals surface area contributed by atoms with E-state index in [-0.39, 0.29) is 30.5 Å². The molecule has 8 rings (SSSR count). The number of hydrogen-bond acceptors (Lipinski definition) is 10. The Hall–Kier alpha value is -6.65. The summed E-state index contributed by atoms with van der Waals surface area (Å²) >= 11 is 0. The van der Waals surface area contributed by atoms with Crippen molar-refractivity contribution >= 4 is 29.0 Å². The number of hydroxylamine groups is 2. The van der Waals surface area contributed by atoms with Crippen LogP contribution in [0.15, 0.2) is 91.3 Å². The first-order valence-electron chi connectivity index (χ1n) is 20.9. The number of benzene rings is 3. The summed E-state index contributed by atoms with van der Waals surface area (Å²) in [6, 6.07) is 22.9. The summed E-state index contributed by atoms with van der Waals surface area (Å²) in [7, 11) is 2.60. The zero-order valence-corrected chi connectivity index (χ0v) is 35.1. The maximum Gasteiger partial charge on any atom is 0.407 e. The molecule has 0 saturated carbocycles. The molecule has 0 radical (unpaired) electrons. The van der Waals surface area contributed by atoms with Gasteiger partial charge in [-0.05, 0) is 67.5 Å². The summed E-state index contributed by atoms with van der Waals surface area (Å²) in [5.74, 6) is 0.545. The van der Waals surface area contributed by atoms with Gasteiger partial charge in [-0.3, -0.25) is 9.63 Å². The van der Waals surface area contributed by atoms with E-state index in [1.165, 1.54) is 20.3 Å². The third kappa shape index (κ3) is 9.02. The van der Waals surface area contributed by atoms with E-state index in [9.17, 15) is 14.4 Å². The Morgan fingerprint density at radius 2 is 1.50 bits per heavy atom. The normalized spacial score (nSPS) is 17.6. The highest BCUT2D eigenvalue weighted by atomic mass is 19.1. The standard InChI is InChI=1S/C46H50FN9O6/c1-27(2)41(54-46(59)61-4)44(57)55-20-8-12-39(55)42-49-25-37(52-42)32-17-14-31(23-33(32)47)35-18-15-29-22-30(16-19-34(29)50-35)36-24-48-43(51-36)40-13-9-21-56(40)62-26-38(53-45(58)60-3)28-10-6-5-7-11-28/h5-7,10-11,14-19,22-25,27,38-41H,8-9,12-13,20-21,26H2,1-4H3,(H,48,51)(H,49,52)(H,53,58)(H,54,59)/t38-,39-,40-,41-/m0/s1. The van der Waals surface area contributed by atoms with Crippen molar-refractivity contribution in [2.75, 3.05) is 33.9 Å². The Kier molecular flexibility index (Phi) is 12.6. The fraction of sp³-hybridized carbons (Fsp3) is 0.348. The van der Waals surface area contributed by atoms with Gasteiger partial charge >= 0.3 is 12.2 Å². The van der Waals surface area contributed by atoms with E-state index in [2.05, 4.69) is 25.6 Å². The fourth-order valence-corrected chi connectivity index (χ4v) is 8.28. The van der Waals surface area contributed by atoms with Crippen LogP contribution in [0.2, 0.25) is 0 Å². The van der Waals surface area contributed by atoms with Gasteiger partial charge < -0.3 is 35.0 Å². The van der Waals surface area contributed by atoms with Crippen molar-refractivity contribution in [2.24, 2.45) is 5.92 Å². The van der Waals surface area contributed by atoms with Gasteiger partial charge in [0.1, 0.15) is 23.5 Å². The topological polar surface area (TPSA) is 180 Å². The monoisotopic (exact) mass is 843 g/mol. The number of aromatic nitrogens is 5. The van der Waals surface area contributed by atoms with Crippen LogP contribution in [0.25, 0.3) is 44.7 Å². The van der Waals surface area contributed by atoms with E-state index in [1.807, 2.05) is 91.8 Å². The second-order valence-electron chi connectivity index (χ2n) is 15.9. The van der Waals surface area contributed by atoms with Crippen LogP contribution >= 0.6 is 0 Å². The third-order valence-corrected chi connectivity index (χ3v) is 11.6. The lowest BCUT2D eigenvalue weighted by Gasteiger charge is -2.30. The van der Waals surface area contributed by atoms with Gasteiger partial charge in [0.05, 0.1) is 73.9 Å². The molecule has 15 nitrogen and oxygen atoms in total. The minimum Gasteiger partial charge on any atom is -0.453 e. The minimum absolute atomic E-state index is 0.0840. The number of pyridine rings is 1. The zero-order chi connectivity index (χ0) is 43.3. The van der Waals surface area contributed by atoms with E-state index < -0.39 is 30.1 Å². The molecule has 2 aliphatic rings. The van der Waals surface area contributed by atoms with E-state index >= 15 is 4.39 Å². The quantitative estimate of drug-likeness (QED) is 0.0889. The van der Waals surface area contributed by atoms with Crippen molar-refractivity contribution in [1.82, 2.24) is 45.5 Å². The molecule has 2 fully saturated rings. The molecule has 322 valence electrons. The number of halogens is 1. The summed E-state index contributed by atoms with van der Waals surface area (Å²) in [4.78, 5) is 66.6. The predicted molar refractivity (Wildman–Crippen MR) is 230 cm³/mol. The van der Waals surface area contributed by atoms with Crippen molar-refractivity contribution < 1.29 is 33.1 Å². The number of nitrogens with zero attached hydrogens (tertiary/aromatic N) is 5. The molecule has 6 aromatic rings. The molecule has 2 aliphatic heterocycles. The third-order valence-electron chi connectivity index (χ3n) is 11.6. The number of likely N-dealkylation sites (tertiary alicyclic amines) is 1. The second kappa shape index (κ2) is 18.5. The average molecular weight is 844 g/mol. The molecular formula is C46H50FN9O6. The summed E-state index contributed by atoms with van der Waals surface area (Å²) in [6.07, 6.45) is 5.47. The minimum atomic E-state index is -0.751. The molecule has 2 saturated heterocycles. The Labute approximate surface area is 358 Å². The fourth-order valence-electron chi connectivity index (χ4n) is 8.28. The van der Waals surface area contributed by atoms with E-state index in [4.69, 9.17) is 24.3 Å². The number of methoxy groups -OCH3 is 2. The Bertz CT molecular complexity index is 2540. The van der Waals surface area contributed by atoms with Crippen molar-refractivity contribution in [1.29, 1.82) is 0 Å². The first-order chi connectivity index (χ1) is 30.1. The van der Waals surface area contributed by atoms with Crippen molar-refractivity contribution in [2.45, 2.75) is 63.7 Å². The van der Waals surface area contributed by atoms with Gasteiger partial charge in [-0.1, -0.05) is 62.4 Å². The lowest BCUT2D eigenvalue weighted by Crippen LogP contribution is -2.51. The number of carbonyl (C=O) groups is 3. The van der Waals surface area contributed by atoms with Gasteiger partial charge in [-0.15, -0.1) is 0 Å². The molecule has 3 aromatic carbocycles. The summed E-state index contributed by atoms with van der Waals surface area (Å²) < 4.78 is 25.4. The van der Waals surface area contributed by atoms with Crippen LogP contribution in [-0.2, 0) is 19.1 Å². The van der Waals surface area contributed by atoms with Crippen LogP contribution in [0.5, 0.6) is 0 Å². The van der Waals surface area contributed by atoms with Crippen molar-refractivity contribution in [3.8, 4) is 33.8 Å². The molecule has 0 unspecified atom stereocenters. The number of hydrogen-bond donors (Lipinski definition) is 4. The summed E-state index contributed by atoms with van der Waals surface area (Å²) in [6.45, 7) is 5.20. The van der Waals surface area contributed by atoms with Crippen LogP contribution in [0.3, 0.4) is 0 Å². The summed E-state index contributed by atoms with van der Waals surface area (Å²) in [5.41, 5.74) is 5.57. The largest absolute Gasteiger partial charge is 0.453 e. The van der Waals surface area contributed by atoms with Crippen molar-refractivity contribution in [3.05, 3.63) is 114 Å². The maximum absolute atomic E-state index is 15.8. The van der Waals surface area contributed by atoms with Crippen LogP contribution in [0.4, 0.5) is 14.0 Å². The highest BCUT2D eigenvalue weighted by molar-refractivity contribution is 5.87. The number of rotatable bonds is 13. The average Bonchev–Trinajstić information content (AvgIpc) is 4.14. The highest BCUT2D eigenvalue weighted by Gasteiger charge is 2.38. The number of carbonyl (C=O) groups excluding carboxylic acids is 3. The van der Waals surface area contributed by atoms with Crippen LogP contribution in [0.1, 0.15) is 74.9 Å². The molecule has 3 amide bonds. The molecule has 4 atom stereocenters. The Morgan fingerprint density at radius 3 is 2.26 bits per heavy atom. The molecule has 4 N–H and O–H groups in total. The Balaban J connectivity index is 0.932. The van der Waals surface area contributed by atoms with Gasteiger partial charge in [0, 0.05) is 35.2 Å². The first-order valence-corrected chi connectivity index (χ1v) is 20.9. The highest BCUT2D eigenvalue weighted by Crippen LogP contribution is 2.36. The van der Waals surface area contributed by atoms with Gasteiger partial charge in [-0.2, -0.15) is 5.06 Å². The lowest BCUT2D eigenvalue weighted by molar-refractivity contribution is -0.177. The first kappa shape index (κ1) is 42.1. The molecular weight excluding hydrogens is 794 g/mol. The smallest absolute Gasteiger partial charge is 0.407 e. The number of alkyl carbamates (subject to hydrolysis) is 2. The number of fused-ring (bicyclic) bond motifs is 1. The van der Waals surface area contributed by atoms with Gasteiger partial charge in [0.2, 0.25) is 5.91 Å². The maximum atomic E-state index is 15.8. The SMILES string of the molecule is COC(=O)N[C@@H](CON1CCC[C@H]1c1ncc(-c2ccc3nc(-c4ccc(-c5cnc([C@@H]6CCCN6C(=O)[C@@H](NC(=O)OC)C(C)C)[nH]5)c(F)c4)ccc3c2)[nH]1)c1ccccc1. The number of aromatic amines is 2. The number of ether oxygens (including phenoxy) is 2. The van der Waals surface area contributed by atoms with E-state index in [0.717, 1.165) is 59.4 Å². The van der Waals surface area contributed by atoms with Crippen molar-refractivity contribution in [3.63, 3.8) is 0 Å². The number of nitrogens with one attached hydrogen (secondary N) is 4. The van der Waals surface area contributed by atoms with Gasteiger partial charge in [-0.25, -0.2) is 28.9 Å². The Morgan fingerprint density at radius 1 is 0.806 bits per heavy atom. The lowest BCUT2D eigenvalue weighted by atomic mass is 10.0. The van der Waals surface area contributed by atoms with Gasteiger partial charge in [0.25, 0.3) is 0 Å². The van der Waals surface area contributed by atoms with E-state index in [1.54, 1.807) is 17.2 Å². The van der Waals surface area contributed by atoms with Crippen LogP contribution in [-0.4, -0.2) is 92.9 Å². The second-order valence-corrected chi connectivity index (χ2v) is 15.9. The van der Waals surface area contributed by atoms with Crippen LogP contribution in [0, 0.1) is 11.7 Å². The molecule has 16 heteroatoms. The van der Waals surface area contributed by atoms with Gasteiger partial charge in [0.15, 0.2) is 0 Å². The molecule has 0 spiro atoms. The number of amides is 3. The van der Waals surface area contributed by atoms with Crippen LogP contribution < -0.4 is 10.6 Å². The molecule has 3 aromatic heterocycles. The number of H-pyrrole nitrogens is 2. The molecule has 0 aliphatic carbocycles. The van der Waals surface area contributed by atoms with E-state index in [0.29, 0.717) is 41.3 Å². The molecule has 0 bridgehead atoms. The predicted octanol–water partition coefficient (Wildman–Crippen LogP) is 8.03. The number of imidazole rings is 2. The zero-order valence-electron chi connectivity index (χ0n) is 35.1. The molecule has 62 heavy (non-hydrogen) atoms. The molecule has 5 heterocycles. The summed E-state index contributed by atoms with van der Waals surface area (Å²) in [5, 5.41) is 8.37.